The zero-order chi connectivity index (χ0) is 11.6. The van der Waals surface area contributed by atoms with E-state index in [0.29, 0.717) is 11.3 Å². The number of aryl methyl sites for hydroxylation is 1. The molecular weight excluding hydrogens is 194 g/mol. The summed E-state index contributed by atoms with van der Waals surface area (Å²) in [6, 6.07) is 1.68. The molecule has 1 amide bonds. The van der Waals surface area contributed by atoms with Crippen molar-refractivity contribution in [3.05, 3.63) is 23.7 Å². The fourth-order valence-corrected chi connectivity index (χ4v) is 1.43. The van der Waals surface area contributed by atoms with Gasteiger partial charge in [-0.05, 0) is 26.8 Å². The summed E-state index contributed by atoms with van der Waals surface area (Å²) in [6.45, 7) is 5.40. The molecule has 0 unspecified atom stereocenters. The number of amides is 1. The van der Waals surface area contributed by atoms with Gasteiger partial charge < -0.3 is 14.4 Å². The summed E-state index contributed by atoms with van der Waals surface area (Å²) < 4.78 is 5.06. The highest BCUT2D eigenvalue weighted by molar-refractivity contribution is 5.93. The van der Waals surface area contributed by atoms with Crippen LogP contribution in [0.2, 0.25) is 0 Å². The first-order valence-electron chi connectivity index (χ1n) is 4.82. The van der Waals surface area contributed by atoms with Crippen molar-refractivity contribution in [2.45, 2.75) is 26.4 Å². The lowest BCUT2D eigenvalue weighted by molar-refractivity contribution is 0.0367. The van der Waals surface area contributed by atoms with Crippen molar-refractivity contribution in [1.82, 2.24) is 4.90 Å². The molecule has 1 heterocycles. The van der Waals surface area contributed by atoms with Crippen LogP contribution in [0.5, 0.6) is 0 Å². The molecule has 1 N–H and O–H groups in total. The Bertz CT molecular complexity index is 349. The van der Waals surface area contributed by atoms with Gasteiger partial charge in [0.2, 0.25) is 0 Å². The van der Waals surface area contributed by atoms with Crippen LogP contribution in [0.3, 0.4) is 0 Å². The van der Waals surface area contributed by atoms with E-state index >= 15 is 0 Å². The number of carbonyl (C=O) groups is 1. The van der Waals surface area contributed by atoms with Crippen molar-refractivity contribution in [2.75, 3.05) is 13.6 Å². The maximum atomic E-state index is 11.8. The van der Waals surface area contributed by atoms with Gasteiger partial charge in [0.1, 0.15) is 12.0 Å². The Labute approximate surface area is 89.5 Å². The molecule has 15 heavy (non-hydrogen) atoms. The van der Waals surface area contributed by atoms with Crippen LogP contribution >= 0.6 is 0 Å². The maximum absolute atomic E-state index is 11.8. The van der Waals surface area contributed by atoms with Gasteiger partial charge in [0.15, 0.2) is 0 Å². The van der Waals surface area contributed by atoms with Gasteiger partial charge in [-0.2, -0.15) is 0 Å². The molecule has 0 saturated heterocycles. The topological polar surface area (TPSA) is 53.7 Å². The standard InChI is InChI=1S/C11H17NO3/c1-8-5-9(6-15-8)10(13)12(4)7-11(2,3)14/h5-6,14H,7H2,1-4H3. The van der Waals surface area contributed by atoms with Gasteiger partial charge in [-0.3, -0.25) is 4.79 Å². The third-order valence-corrected chi connectivity index (χ3v) is 1.95. The number of rotatable bonds is 3. The molecule has 0 aliphatic heterocycles. The Morgan fingerprint density at radius 1 is 1.60 bits per heavy atom. The molecule has 0 radical (unpaired) electrons. The number of carbonyl (C=O) groups excluding carboxylic acids is 1. The number of furan rings is 1. The lowest BCUT2D eigenvalue weighted by Crippen LogP contribution is -2.39. The van der Waals surface area contributed by atoms with E-state index in [9.17, 15) is 9.90 Å². The Morgan fingerprint density at radius 3 is 2.60 bits per heavy atom. The zero-order valence-electron chi connectivity index (χ0n) is 9.57. The van der Waals surface area contributed by atoms with E-state index in [0.717, 1.165) is 0 Å². The van der Waals surface area contributed by atoms with Crippen LogP contribution in [0, 0.1) is 6.92 Å². The average Bonchev–Trinajstić information content (AvgIpc) is 2.47. The lowest BCUT2D eigenvalue weighted by Gasteiger charge is -2.25. The van der Waals surface area contributed by atoms with E-state index in [4.69, 9.17) is 4.42 Å². The van der Waals surface area contributed by atoms with Crippen LogP contribution in [0.15, 0.2) is 16.7 Å². The van der Waals surface area contributed by atoms with Gasteiger partial charge in [-0.15, -0.1) is 0 Å². The number of hydrogen-bond donors (Lipinski definition) is 1. The van der Waals surface area contributed by atoms with Crippen LogP contribution in [0.25, 0.3) is 0 Å². The predicted molar refractivity (Wildman–Crippen MR) is 56.7 cm³/mol. The Balaban J connectivity index is 2.69. The fraction of sp³-hybridized carbons (Fsp3) is 0.545. The second-order valence-corrected chi connectivity index (χ2v) is 4.42. The van der Waals surface area contributed by atoms with Crippen molar-refractivity contribution < 1.29 is 14.3 Å². The van der Waals surface area contributed by atoms with Crippen molar-refractivity contribution in [3.63, 3.8) is 0 Å². The average molecular weight is 211 g/mol. The van der Waals surface area contributed by atoms with E-state index < -0.39 is 5.60 Å². The highest BCUT2D eigenvalue weighted by atomic mass is 16.3. The molecule has 1 aromatic rings. The first-order valence-corrected chi connectivity index (χ1v) is 4.82. The monoisotopic (exact) mass is 211 g/mol. The lowest BCUT2D eigenvalue weighted by atomic mass is 10.1. The molecule has 0 bridgehead atoms. The molecule has 1 rings (SSSR count). The molecule has 0 atom stereocenters. The third-order valence-electron chi connectivity index (χ3n) is 1.95. The smallest absolute Gasteiger partial charge is 0.256 e. The SMILES string of the molecule is Cc1cc(C(=O)N(C)CC(C)(C)O)co1. The summed E-state index contributed by atoms with van der Waals surface area (Å²) in [5.41, 5.74) is -0.373. The first kappa shape index (κ1) is 11.8. The molecule has 0 fully saturated rings. The molecule has 84 valence electrons. The molecule has 0 aliphatic rings. The van der Waals surface area contributed by atoms with Crippen molar-refractivity contribution >= 4 is 5.91 Å². The summed E-state index contributed by atoms with van der Waals surface area (Å²) in [5, 5.41) is 9.57. The second-order valence-electron chi connectivity index (χ2n) is 4.42. The molecule has 0 saturated carbocycles. The molecule has 0 spiro atoms. The number of nitrogens with zero attached hydrogens (tertiary/aromatic N) is 1. The van der Waals surface area contributed by atoms with E-state index in [1.807, 2.05) is 0 Å². The quantitative estimate of drug-likeness (QED) is 0.822. The number of hydrogen-bond acceptors (Lipinski definition) is 3. The van der Waals surface area contributed by atoms with Gasteiger partial charge in [0.05, 0.1) is 11.2 Å². The minimum atomic E-state index is -0.886. The van der Waals surface area contributed by atoms with Crippen LogP contribution in [-0.2, 0) is 0 Å². The van der Waals surface area contributed by atoms with Gasteiger partial charge in [0.25, 0.3) is 5.91 Å². The summed E-state index contributed by atoms with van der Waals surface area (Å²) in [7, 11) is 1.66. The van der Waals surface area contributed by atoms with Crippen molar-refractivity contribution in [2.24, 2.45) is 0 Å². The van der Waals surface area contributed by atoms with Crippen LogP contribution in [0.4, 0.5) is 0 Å². The van der Waals surface area contributed by atoms with Gasteiger partial charge in [-0.1, -0.05) is 0 Å². The van der Waals surface area contributed by atoms with Gasteiger partial charge in [-0.25, -0.2) is 0 Å². The van der Waals surface area contributed by atoms with Gasteiger partial charge in [0, 0.05) is 13.6 Å². The Kier molecular flexibility index (Phi) is 3.19. The van der Waals surface area contributed by atoms with E-state index in [1.165, 1.54) is 11.2 Å². The normalized spacial score (nSPS) is 11.5. The largest absolute Gasteiger partial charge is 0.469 e. The predicted octanol–water partition coefficient (Wildman–Crippen LogP) is 1.43. The summed E-state index contributed by atoms with van der Waals surface area (Å²) in [6.07, 6.45) is 1.43. The van der Waals surface area contributed by atoms with E-state index in [1.54, 1.807) is 33.9 Å². The molecule has 4 nitrogen and oxygen atoms in total. The van der Waals surface area contributed by atoms with E-state index in [-0.39, 0.29) is 12.5 Å². The Hall–Kier alpha value is -1.29. The summed E-state index contributed by atoms with van der Waals surface area (Å²) in [4.78, 5) is 13.3. The minimum absolute atomic E-state index is 0.144. The highest BCUT2D eigenvalue weighted by Crippen LogP contribution is 2.11. The second kappa shape index (κ2) is 4.06. The van der Waals surface area contributed by atoms with Gasteiger partial charge >= 0.3 is 0 Å². The minimum Gasteiger partial charge on any atom is -0.469 e. The third kappa shape index (κ3) is 3.40. The van der Waals surface area contributed by atoms with Crippen molar-refractivity contribution in [1.29, 1.82) is 0 Å². The maximum Gasteiger partial charge on any atom is 0.256 e. The van der Waals surface area contributed by atoms with Crippen LogP contribution in [-0.4, -0.2) is 35.1 Å². The molecule has 1 aromatic heterocycles. The highest BCUT2D eigenvalue weighted by Gasteiger charge is 2.21. The molecule has 4 heteroatoms. The van der Waals surface area contributed by atoms with Crippen LogP contribution in [0.1, 0.15) is 30.0 Å². The Morgan fingerprint density at radius 2 is 2.20 bits per heavy atom. The zero-order valence-corrected chi connectivity index (χ0v) is 9.57. The number of aliphatic hydroxyl groups is 1. The summed E-state index contributed by atoms with van der Waals surface area (Å²) in [5.74, 6) is 0.559. The van der Waals surface area contributed by atoms with E-state index in [2.05, 4.69) is 0 Å². The fourth-order valence-electron chi connectivity index (χ4n) is 1.43. The summed E-state index contributed by atoms with van der Waals surface area (Å²) >= 11 is 0. The van der Waals surface area contributed by atoms with Crippen molar-refractivity contribution in [3.8, 4) is 0 Å². The number of likely N-dealkylation sites (N-methyl/N-ethyl adjacent to an activating group) is 1. The molecule has 0 aromatic carbocycles. The molecule has 0 aliphatic carbocycles. The first-order chi connectivity index (χ1) is 6.79. The van der Waals surface area contributed by atoms with Crippen LogP contribution < -0.4 is 0 Å². The molecular formula is C11H17NO3.